The van der Waals surface area contributed by atoms with Crippen LogP contribution in [0.15, 0.2) is 73.2 Å². The van der Waals surface area contributed by atoms with Crippen LogP contribution in [0.5, 0.6) is 0 Å². The van der Waals surface area contributed by atoms with Crippen LogP contribution in [0, 0.1) is 5.92 Å². The van der Waals surface area contributed by atoms with Crippen LogP contribution in [0.3, 0.4) is 0 Å². The van der Waals surface area contributed by atoms with Gasteiger partial charge in [-0.15, -0.1) is 0 Å². The largest absolute Gasteiger partial charge is 0.368 e. The lowest BCUT2D eigenvalue weighted by atomic mass is 9.85. The van der Waals surface area contributed by atoms with Gasteiger partial charge in [-0.05, 0) is 46.9 Å². The molecule has 1 aliphatic carbocycles. The van der Waals surface area contributed by atoms with Gasteiger partial charge in [0.15, 0.2) is 0 Å². The Balaban J connectivity index is 1.11. The number of nitrogens with zero attached hydrogens (tertiary/aromatic N) is 5. The molecule has 3 heterocycles. The topological polar surface area (TPSA) is 62.2 Å². The van der Waals surface area contributed by atoms with E-state index in [1.54, 1.807) is 0 Å². The smallest absolute Gasteiger partial charge is 0.147 e. The van der Waals surface area contributed by atoms with Crippen molar-refractivity contribution in [1.29, 1.82) is 0 Å². The molecular weight excluding hydrogens is 470 g/mol. The van der Waals surface area contributed by atoms with Crippen molar-refractivity contribution in [3.8, 4) is 11.1 Å². The fourth-order valence-corrected chi connectivity index (χ4v) is 5.91. The maximum absolute atomic E-state index is 12.6. The first-order valence-electron chi connectivity index (χ1n) is 14.0. The van der Waals surface area contributed by atoms with E-state index in [0.29, 0.717) is 18.1 Å². The summed E-state index contributed by atoms with van der Waals surface area (Å²) >= 11 is 0. The molecule has 1 aliphatic heterocycles. The molecule has 0 unspecified atom stereocenters. The Kier molecular flexibility index (Phi) is 7.29. The van der Waals surface area contributed by atoms with E-state index in [1.165, 1.54) is 37.8 Å². The van der Waals surface area contributed by atoms with Gasteiger partial charge in [0.1, 0.15) is 11.6 Å². The number of piperazine rings is 1. The number of rotatable bonds is 7. The fraction of sp³-hybridized carbons (Fsp3) is 0.375. The van der Waals surface area contributed by atoms with Gasteiger partial charge in [0.05, 0.1) is 17.2 Å². The van der Waals surface area contributed by atoms with Crippen LogP contribution in [0.2, 0.25) is 0 Å². The molecule has 1 saturated heterocycles. The summed E-state index contributed by atoms with van der Waals surface area (Å²) < 4.78 is 0. The fourth-order valence-electron chi connectivity index (χ4n) is 5.91. The van der Waals surface area contributed by atoms with Gasteiger partial charge in [0.2, 0.25) is 0 Å². The molecule has 0 N–H and O–H groups in total. The van der Waals surface area contributed by atoms with E-state index in [-0.39, 0.29) is 0 Å². The average Bonchev–Trinajstić information content (AvgIpc) is 2.98. The Labute approximate surface area is 224 Å². The SMILES string of the molecule is O=C(Cc1ccc(-c2ccc3ncc(N4CCN(c5ccncc5)CC4)nc3c2)cc1)CC1CCCCC1. The molecule has 6 rings (SSSR count). The first-order valence-corrected chi connectivity index (χ1v) is 14.0. The normalized spacial score (nSPS) is 16.6. The van der Waals surface area contributed by atoms with E-state index in [0.717, 1.165) is 66.1 Å². The molecule has 6 heteroatoms. The quantitative estimate of drug-likeness (QED) is 0.302. The summed E-state index contributed by atoms with van der Waals surface area (Å²) in [4.78, 5) is 31.1. The molecule has 0 bridgehead atoms. The summed E-state index contributed by atoms with van der Waals surface area (Å²) in [7, 11) is 0. The predicted octanol–water partition coefficient (Wildman–Crippen LogP) is 6.10. The summed E-state index contributed by atoms with van der Waals surface area (Å²) in [5, 5.41) is 0. The highest BCUT2D eigenvalue weighted by atomic mass is 16.1. The summed E-state index contributed by atoms with van der Waals surface area (Å²) in [6.07, 6.45) is 13.2. The van der Waals surface area contributed by atoms with Crippen molar-refractivity contribution >= 4 is 28.3 Å². The molecular formula is C32H35N5O. The number of anilines is 2. The Morgan fingerprint density at radius 1 is 0.789 bits per heavy atom. The molecule has 0 radical (unpaired) electrons. The zero-order valence-corrected chi connectivity index (χ0v) is 21.9. The molecule has 0 atom stereocenters. The number of fused-ring (bicyclic) bond motifs is 1. The number of carbonyl (C=O) groups excluding carboxylic acids is 1. The van der Waals surface area contributed by atoms with Gasteiger partial charge in [0, 0.05) is 57.1 Å². The molecule has 2 aromatic heterocycles. The standard InChI is InChI=1S/C32H35N5O/c38-29(20-24-4-2-1-3-5-24)21-25-6-8-26(9-7-25)27-10-11-30-31(22-27)35-32(23-34-30)37-18-16-36(17-19-37)28-12-14-33-15-13-28/h6-15,22-24H,1-5,16-21H2. The lowest BCUT2D eigenvalue weighted by molar-refractivity contribution is -0.119. The van der Waals surface area contributed by atoms with Crippen LogP contribution in [-0.2, 0) is 11.2 Å². The molecule has 4 aromatic rings. The first-order chi connectivity index (χ1) is 18.7. The van der Waals surface area contributed by atoms with Crippen molar-refractivity contribution < 1.29 is 4.79 Å². The summed E-state index contributed by atoms with van der Waals surface area (Å²) in [5.41, 5.74) is 6.37. The van der Waals surface area contributed by atoms with E-state index >= 15 is 0 Å². The molecule has 38 heavy (non-hydrogen) atoms. The van der Waals surface area contributed by atoms with Crippen molar-refractivity contribution in [3.63, 3.8) is 0 Å². The minimum absolute atomic E-state index is 0.375. The highest BCUT2D eigenvalue weighted by molar-refractivity contribution is 5.83. The van der Waals surface area contributed by atoms with Gasteiger partial charge >= 0.3 is 0 Å². The molecule has 1 saturated carbocycles. The average molecular weight is 506 g/mol. The molecule has 0 amide bonds. The van der Waals surface area contributed by atoms with Gasteiger partial charge < -0.3 is 9.80 Å². The number of Topliss-reactive ketones (excluding diaryl/α,β-unsaturated/α-hetero) is 1. The Hall–Kier alpha value is -3.80. The maximum atomic E-state index is 12.6. The molecule has 6 nitrogen and oxygen atoms in total. The van der Waals surface area contributed by atoms with Gasteiger partial charge in [-0.2, -0.15) is 0 Å². The first kappa shape index (κ1) is 24.5. The van der Waals surface area contributed by atoms with E-state index < -0.39 is 0 Å². The lowest BCUT2D eigenvalue weighted by Crippen LogP contribution is -2.46. The van der Waals surface area contributed by atoms with Crippen molar-refractivity contribution in [2.24, 2.45) is 5.92 Å². The number of benzene rings is 2. The number of hydrogen-bond acceptors (Lipinski definition) is 6. The van der Waals surface area contributed by atoms with Crippen LogP contribution >= 0.6 is 0 Å². The predicted molar refractivity (Wildman–Crippen MR) is 154 cm³/mol. The number of pyridine rings is 1. The van der Waals surface area contributed by atoms with E-state index in [1.807, 2.05) is 24.7 Å². The molecule has 0 spiro atoms. The number of hydrogen-bond donors (Lipinski definition) is 0. The Morgan fingerprint density at radius 3 is 2.26 bits per heavy atom. The van der Waals surface area contributed by atoms with Crippen LogP contribution in [0.25, 0.3) is 22.2 Å². The van der Waals surface area contributed by atoms with Crippen molar-refractivity contribution in [2.45, 2.75) is 44.9 Å². The minimum atomic E-state index is 0.375. The van der Waals surface area contributed by atoms with E-state index in [4.69, 9.17) is 9.97 Å². The summed E-state index contributed by atoms with van der Waals surface area (Å²) in [6.45, 7) is 3.70. The van der Waals surface area contributed by atoms with Gasteiger partial charge in [-0.3, -0.25) is 14.8 Å². The van der Waals surface area contributed by atoms with Gasteiger partial charge in [0.25, 0.3) is 0 Å². The number of ketones is 1. The second kappa shape index (κ2) is 11.3. The van der Waals surface area contributed by atoms with Crippen LogP contribution < -0.4 is 9.80 Å². The molecule has 2 aliphatic rings. The van der Waals surface area contributed by atoms with Gasteiger partial charge in [-0.25, -0.2) is 4.98 Å². The van der Waals surface area contributed by atoms with E-state index in [2.05, 4.69) is 63.3 Å². The summed E-state index contributed by atoms with van der Waals surface area (Å²) in [6, 6.07) is 18.9. The second-order valence-electron chi connectivity index (χ2n) is 10.7. The third-order valence-electron chi connectivity index (χ3n) is 8.09. The molecule has 2 aromatic carbocycles. The van der Waals surface area contributed by atoms with Crippen LogP contribution in [-0.4, -0.2) is 46.9 Å². The maximum Gasteiger partial charge on any atom is 0.147 e. The second-order valence-corrected chi connectivity index (χ2v) is 10.7. The van der Waals surface area contributed by atoms with Crippen molar-refractivity contribution in [2.75, 3.05) is 36.0 Å². The highest BCUT2D eigenvalue weighted by Crippen LogP contribution is 2.28. The Morgan fingerprint density at radius 2 is 1.50 bits per heavy atom. The third-order valence-corrected chi connectivity index (χ3v) is 8.09. The van der Waals surface area contributed by atoms with Crippen LogP contribution in [0.1, 0.15) is 44.1 Å². The van der Waals surface area contributed by atoms with Crippen molar-refractivity contribution in [1.82, 2.24) is 15.0 Å². The number of carbonyl (C=O) groups is 1. The molecule has 2 fully saturated rings. The molecule has 194 valence electrons. The lowest BCUT2D eigenvalue weighted by Gasteiger charge is -2.36. The zero-order chi connectivity index (χ0) is 25.7. The summed E-state index contributed by atoms with van der Waals surface area (Å²) in [5.74, 6) is 1.90. The Bertz CT molecular complexity index is 1370. The van der Waals surface area contributed by atoms with Crippen molar-refractivity contribution in [3.05, 3.63) is 78.8 Å². The zero-order valence-electron chi connectivity index (χ0n) is 21.9. The van der Waals surface area contributed by atoms with Gasteiger partial charge in [-0.1, -0.05) is 62.4 Å². The minimum Gasteiger partial charge on any atom is -0.368 e. The monoisotopic (exact) mass is 505 g/mol. The highest BCUT2D eigenvalue weighted by Gasteiger charge is 2.19. The number of aromatic nitrogens is 3. The van der Waals surface area contributed by atoms with E-state index in [9.17, 15) is 4.79 Å². The third kappa shape index (κ3) is 5.69. The van der Waals surface area contributed by atoms with Crippen LogP contribution in [0.4, 0.5) is 11.5 Å².